The predicted octanol–water partition coefficient (Wildman–Crippen LogP) is 4.11. The van der Waals surface area contributed by atoms with Crippen molar-refractivity contribution in [3.63, 3.8) is 0 Å². The van der Waals surface area contributed by atoms with E-state index in [9.17, 15) is 9.90 Å². The smallest absolute Gasteiger partial charge is 0.337 e. The van der Waals surface area contributed by atoms with E-state index in [0.29, 0.717) is 12.2 Å². The molecular formula is C24H26N4O2. The van der Waals surface area contributed by atoms with Gasteiger partial charge in [0.05, 0.1) is 23.5 Å². The van der Waals surface area contributed by atoms with Crippen molar-refractivity contribution in [3.8, 4) is 11.1 Å². The van der Waals surface area contributed by atoms with Gasteiger partial charge in [0.2, 0.25) is 0 Å². The van der Waals surface area contributed by atoms with Crippen LogP contribution in [0.15, 0.2) is 60.9 Å². The van der Waals surface area contributed by atoms with E-state index in [4.69, 9.17) is 0 Å². The molecule has 1 aromatic heterocycles. The minimum absolute atomic E-state index is 0.167. The van der Waals surface area contributed by atoms with Crippen LogP contribution in [0.4, 0.5) is 11.4 Å². The van der Waals surface area contributed by atoms with E-state index in [-0.39, 0.29) is 11.6 Å². The molecule has 1 aliphatic rings. The molecule has 0 aliphatic carbocycles. The Morgan fingerprint density at radius 2 is 2.03 bits per heavy atom. The van der Waals surface area contributed by atoms with Crippen LogP contribution in [-0.2, 0) is 6.54 Å². The summed E-state index contributed by atoms with van der Waals surface area (Å²) in [6.45, 7) is 1.47. The number of likely N-dealkylation sites (N-methyl/N-ethyl adjacent to an activating group) is 1. The van der Waals surface area contributed by atoms with Gasteiger partial charge in [-0.2, -0.15) is 0 Å². The van der Waals surface area contributed by atoms with E-state index >= 15 is 0 Å². The molecular weight excluding hydrogens is 376 g/mol. The summed E-state index contributed by atoms with van der Waals surface area (Å²) in [4.78, 5) is 19.9. The maximum absolute atomic E-state index is 11.4. The summed E-state index contributed by atoms with van der Waals surface area (Å²) in [5, 5.41) is 12.7. The molecule has 4 rings (SSSR count). The Kier molecular flexibility index (Phi) is 5.42. The van der Waals surface area contributed by atoms with Gasteiger partial charge in [0.25, 0.3) is 0 Å². The summed E-state index contributed by atoms with van der Waals surface area (Å²) in [6.07, 6.45) is 3.07. The molecule has 0 fully saturated rings. The minimum Gasteiger partial charge on any atom is -0.478 e. The molecule has 1 aliphatic heterocycles. The summed E-state index contributed by atoms with van der Waals surface area (Å²) in [7, 11) is 6.22. The van der Waals surface area contributed by atoms with Crippen molar-refractivity contribution in [2.24, 2.45) is 0 Å². The Bertz CT molecular complexity index is 1080. The Hall–Kier alpha value is -3.38. The second-order valence-corrected chi connectivity index (χ2v) is 7.86. The van der Waals surface area contributed by atoms with Crippen LogP contribution in [0.3, 0.4) is 0 Å². The number of carboxylic acids is 1. The van der Waals surface area contributed by atoms with Crippen LogP contribution in [0.25, 0.3) is 11.1 Å². The first-order valence-corrected chi connectivity index (χ1v) is 9.96. The van der Waals surface area contributed by atoms with Gasteiger partial charge in [0.1, 0.15) is 0 Å². The third-order valence-electron chi connectivity index (χ3n) is 5.69. The molecule has 2 heterocycles. The minimum atomic E-state index is -0.954. The molecule has 2 N–H and O–H groups in total. The quantitative estimate of drug-likeness (QED) is 0.647. The lowest BCUT2D eigenvalue weighted by Crippen LogP contribution is -2.24. The summed E-state index contributed by atoms with van der Waals surface area (Å²) in [5.74, 6) is -0.954. The third-order valence-corrected chi connectivity index (χ3v) is 5.69. The molecule has 6 heteroatoms. The summed E-state index contributed by atoms with van der Waals surface area (Å²) in [5.41, 5.74) is 6.98. The van der Waals surface area contributed by atoms with Crippen molar-refractivity contribution in [2.45, 2.75) is 12.6 Å². The molecule has 0 bridgehead atoms. The van der Waals surface area contributed by atoms with E-state index in [2.05, 4.69) is 83.7 Å². The van der Waals surface area contributed by atoms with Gasteiger partial charge in [-0.05, 0) is 41.9 Å². The molecule has 0 saturated heterocycles. The van der Waals surface area contributed by atoms with Gasteiger partial charge in [-0.25, -0.2) is 4.79 Å². The SMILES string of the molecule is CN(C)c1ccccc1-c1ccc2c(c1)CN(C)[C@H]2CNc1cnccc1C(=O)O. The zero-order valence-corrected chi connectivity index (χ0v) is 17.5. The second-order valence-electron chi connectivity index (χ2n) is 7.86. The number of benzene rings is 2. The lowest BCUT2D eigenvalue weighted by molar-refractivity contribution is 0.0697. The number of aromatic carboxylic acids is 1. The number of rotatable bonds is 6. The van der Waals surface area contributed by atoms with E-state index in [1.807, 2.05) is 0 Å². The Balaban J connectivity index is 1.59. The maximum atomic E-state index is 11.4. The Morgan fingerprint density at radius 3 is 2.80 bits per heavy atom. The fourth-order valence-electron chi connectivity index (χ4n) is 4.15. The van der Waals surface area contributed by atoms with Crippen molar-refractivity contribution in [1.29, 1.82) is 0 Å². The molecule has 0 radical (unpaired) electrons. The van der Waals surface area contributed by atoms with Gasteiger partial charge in [-0.3, -0.25) is 9.88 Å². The van der Waals surface area contributed by atoms with Gasteiger partial charge in [0.15, 0.2) is 0 Å². The van der Waals surface area contributed by atoms with E-state index < -0.39 is 5.97 Å². The normalized spacial score (nSPS) is 15.6. The molecule has 0 amide bonds. The van der Waals surface area contributed by atoms with Crippen molar-refractivity contribution >= 4 is 17.3 Å². The first kappa shape index (κ1) is 19.9. The summed E-state index contributed by atoms with van der Waals surface area (Å²) >= 11 is 0. The van der Waals surface area contributed by atoms with Crippen LogP contribution in [0.2, 0.25) is 0 Å². The van der Waals surface area contributed by atoms with Gasteiger partial charge in [0, 0.05) is 44.6 Å². The van der Waals surface area contributed by atoms with Gasteiger partial charge >= 0.3 is 5.97 Å². The molecule has 3 aromatic rings. The number of aromatic nitrogens is 1. The molecule has 1 atom stereocenters. The number of fused-ring (bicyclic) bond motifs is 1. The molecule has 2 aromatic carbocycles. The highest BCUT2D eigenvalue weighted by atomic mass is 16.4. The number of nitrogens with one attached hydrogen (secondary N) is 1. The van der Waals surface area contributed by atoms with Crippen molar-refractivity contribution < 1.29 is 9.90 Å². The average molecular weight is 402 g/mol. The van der Waals surface area contributed by atoms with E-state index in [0.717, 1.165) is 6.54 Å². The number of anilines is 2. The Labute approximate surface area is 176 Å². The van der Waals surface area contributed by atoms with Gasteiger partial charge in [-0.15, -0.1) is 0 Å². The summed E-state index contributed by atoms with van der Waals surface area (Å²) in [6, 6.07) is 16.8. The Morgan fingerprint density at radius 1 is 1.23 bits per heavy atom. The largest absolute Gasteiger partial charge is 0.478 e. The van der Waals surface area contributed by atoms with Crippen LogP contribution in [0.1, 0.15) is 27.5 Å². The van der Waals surface area contributed by atoms with Crippen LogP contribution in [-0.4, -0.2) is 48.6 Å². The standard InChI is InChI=1S/C24H26N4O2/c1-27(2)22-7-5-4-6-18(22)16-8-9-19-17(12-16)15-28(3)23(19)14-26-21-13-25-11-10-20(21)24(29)30/h4-13,23,26H,14-15H2,1-3H3,(H,29,30)/t23-/m0/s1. The fraction of sp³-hybridized carbons (Fsp3) is 0.250. The lowest BCUT2D eigenvalue weighted by Gasteiger charge is -2.22. The number of para-hydroxylation sites is 1. The van der Waals surface area contributed by atoms with Gasteiger partial charge < -0.3 is 15.3 Å². The maximum Gasteiger partial charge on any atom is 0.337 e. The molecule has 0 spiro atoms. The van der Waals surface area contributed by atoms with E-state index in [1.165, 1.54) is 40.2 Å². The molecule has 0 saturated carbocycles. The molecule has 154 valence electrons. The fourth-order valence-corrected chi connectivity index (χ4v) is 4.15. The number of hydrogen-bond donors (Lipinski definition) is 2. The highest BCUT2D eigenvalue weighted by Gasteiger charge is 2.28. The monoisotopic (exact) mass is 402 g/mol. The molecule has 0 unspecified atom stereocenters. The number of hydrogen-bond acceptors (Lipinski definition) is 5. The van der Waals surface area contributed by atoms with Crippen molar-refractivity contribution in [3.05, 3.63) is 77.6 Å². The van der Waals surface area contributed by atoms with Gasteiger partial charge in [-0.1, -0.05) is 30.3 Å². The van der Waals surface area contributed by atoms with Crippen LogP contribution < -0.4 is 10.2 Å². The topological polar surface area (TPSA) is 68.7 Å². The number of carboxylic acid groups (broad SMARTS) is 1. The third kappa shape index (κ3) is 3.74. The van der Waals surface area contributed by atoms with Crippen LogP contribution in [0.5, 0.6) is 0 Å². The van der Waals surface area contributed by atoms with Crippen LogP contribution >= 0.6 is 0 Å². The molecule has 30 heavy (non-hydrogen) atoms. The van der Waals surface area contributed by atoms with Crippen molar-refractivity contribution in [2.75, 3.05) is 37.9 Å². The highest BCUT2D eigenvalue weighted by Crippen LogP contribution is 2.37. The highest BCUT2D eigenvalue weighted by molar-refractivity contribution is 5.93. The lowest BCUT2D eigenvalue weighted by atomic mass is 9.97. The number of carbonyl (C=O) groups is 1. The summed E-state index contributed by atoms with van der Waals surface area (Å²) < 4.78 is 0. The van der Waals surface area contributed by atoms with Crippen molar-refractivity contribution in [1.82, 2.24) is 9.88 Å². The second kappa shape index (κ2) is 8.16. The van der Waals surface area contributed by atoms with E-state index in [1.54, 1.807) is 6.20 Å². The van der Waals surface area contributed by atoms with Crippen LogP contribution in [0, 0.1) is 0 Å². The zero-order valence-electron chi connectivity index (χ0n) is 17.5. The first-order valence-electron chi connectivity index (χ1n) is 9.96. The number of nitrogens with zero attached hydrogens (tertiary/aromatic N) is 3. The molecule has 6 nitrogen and oxygen atoms in total. The zero-order chi connectivity index (χ0) is 21.3. The first-order chi connectivity index (χ1) is 14.5. The predicted molar refractivity (Wildman–Crippen MR) is 120 cm³/mol. The number of pyridine rings is 1. The average Bonchev–Trinajstić information content (AvgIpc) is 3.06.